The molecule has 1 atom stereocenters. The molecule has 0 spiro atoms. The standard InChI is InChI=1S/C12H11Cl3N2O3/c1-2-20-10(19)6-3-4-8-7(5-6)9(18)17-11(16-8)12(13,14)15/h3-5,11,16H,2H2,1H3,(H,17,18). The fourth-order valence-electron chi connectivity index (χ4n) is 1.76. The normalized spacial score (nSPS) is 17.8. The van der Waals surface area contributed by atoms with Gasteiger partial charge < -0.3 is 15.4 Å². The first-order chi connectivity index (χ1) is 9.32. The number of nitrogens with one attached hydrogen (secondary N) is 2. The Morgan fingerprint density at radius 1 is 1.35 bits per heavy atom. The van der Waals surface area contributed by atoms with Gasteiger partial charge in [0.1, 0.15) is 6.17 Å². The van der Waals surface area contributed by atoms with Gasteiger partial charge in [0.25, 0.3) is 5.91 Å². The van der Waals surface area contributed by atoms with Crippen molar-refractivity contribution in [1.82, 2.24) is 5.32 Å². The van der Waals surface area contributed by atoms with E-state index in [0.29, 0.717) is 11.3 Å². The summed E-state index contributed by atoms with van der Waals surface area (Å²) in [4.78, 5) is 23.6. The van der Waals surface area contributed by atoms with Gasteiger partial charge in [-0.25, -0.2) is 4.79 Å². The van der Waals surface area contributed by atoms with E-state index in [4.69, 9.17) is 39.5 Å². The summed E-state index contributed by atoms with van der Waals surface area (Å²) in [6, 6.07) is 4.55. The second-order valence-corrected chi connectivity index (χ2v) is 6.44. The molecule has 0 aliphatic carbocycles. The zero-order valence-corrected chi connectivity index (χ0v) is 12.6. The summed E-state index contributed by atoms with van der Waals surface area (Å²) >= 11 is 17.2. The number of carbonyl (C=O) groups excluding carboxylic acids is 2. The van der Waals surface area contributed by atoms with Gasteiger partial charge in [-0.2, -0.15) is 0 Å². The number of hydrogen-bond donors (Lipinski definition) is 2. The third-order valence-corrected chi connectivity index (χ3v) is 3.33. The fraction of sp³-hybridized carbons (Fsp3) is 0.333. The van der Waals surface area contributed by atoms with Crippen molar-refractivity contribution in [2.75, 3.05) is 11.9 Å². The van der Waals surface area contributed by atoms with Gasteiger partial charge in [0.05, 0.1) is 17.7 Å². The van der Waals surface area contributed by atoms with Gasteiger partial charge >= 0.3 is 5.97 Å². The molecule has 0 saturated carbocycles. The smallest absolute Gasteiger partial charge is 0.338 e. The average Bonchev–Trinajstić information content (AvgIpc) is 2.37. The van der Waals surface area contributed by atoms with Crippen molar-refractivity contribution in [3.05, 3.63) is 29.3 Å². The van der Waals surface area contributed by atoms with Crippen molar-refractivity contribution in [3.63, 3.8) is 0 Å². The zero-order chi connectivity index (χ0) is 14.9. The molecule has 0 bridgehead atoms. The number of carbonyl (C=O) groups is 2. The molecule has 1 amide bonds. The Morgan fingerprint density at radius 3 is 2.65 bits per heavy atom. The number of esters is 1. The quantitative estimate of drug-likeness (QED) is 0.643. The number of anilines is 1. The summed E-state index contributed by atoms with van der Waals surface area (Å²) in [5.41, 5.74) is 1.06. The lowest BCUT2D eigenvalue weighted by Gasteiger charge is -2.32. The van der Waals surface area contributed by atoms with E-state index in [0.717, 1.165) is 0 Å². The molecule has 20 heavy (non-hydrogen) atoms. The number of alkyl halides is 3. The Morgan fingerprint density at radius 2 is 2.05 bits per heavy atom. The SMILES string of the molecule is CCOC(=O)c1ccc2c(c1)C(=O)NC(C(Cl)(Cl)Cl)N2. The fourth-order valence-corrected chi connectivity index (χ4v) is 2.09. The maximum Gasteiger partial charge on any atom is 0.338 e. The van der Waals surface area contributed by atoms with Crippen LogP contribution in [0, 0.1) is 0 Å². The maximum atomic E-state index is 12.0. The molecule has 0 radical (unpaired) electrons. The lowest BCUT2D eigenvalue weighted by Crippen LogP contribution is -2.52. The van der Waals surface area contributed by atoms with E-state index in [-0.39, 0.29) is 12.2 Å². The van der Waals surface area contributed by atoms with Crippen LogP contribution in [0.1, 0.15) is 27.6 Å². The minimum Gasteiger partial charge on any atom is -0.462 e. The van der Waals surface area contributed by atoms with E-state index >= 15 is 0 Å². The molecular weight excluding hydrogens is 327 g/mol. The van der Waals surface area contributed by atoms with Crippen molar-refractivity contribution < 1.29 is 14.3 Å². The molecule has 5 nitrogen and oxygen atoms in total. The zero-order valence-electron chi connectivity index (χ0n) is 10.4. The molecule has 2 N–H and O–H groups in total. The van der Waals surface area contributed by atoms with Crippen LogP contribution in [0.3, 0.4) is 0 Å². The van der Waals surface area contributed by atoms with E-state index in [2.05, 4.69) is 10.6 Å². The van der Waals surface area contributed by atoms with Crippen LogP contribution < -0.4 is 10.6 Å². The molecular formula is C12H11Cl3N2O3. The number of halogens is 3. The van der Waals surface area contributed by atoms with Crippen molar-refractivity contribution in [3.8, 4) is 0 Å². The predicted octanol–water partition coefficient (Wildman–Crippen LogP) is 2.71. The van der Waals surface area contributed by atoms with Gasteiger partial charge in [-0.3, -0.25) is 4.79 Å². The third-order valence-electron chi connectivity index (χ3n) is 2.68. The molecule has 108 valence electrons. The first-order valence-electron chi connectivity index (χ1n) is 5.78. The molecule has 1 aromatic rings. The summed E-state index contributed by atoms with van der Waals surface area (Å²) in [5.74, 6) is -0.923. The van der Waals surface area contributed by atoms with Gasteiger partial charge in [0, 0.05) is 5.69 Å². The van der Waals surface area contributed by atoms with Crippen molar-refractivity contribution >= 4 is 52.4 Å². The molecule has 8 heteroatoms. The highest BCUT2D eigenvalue weighted by Crippen LogP contribution is 2.34. The highest BCUT2D eigenvalue weighted by Gasteiger charge is 2.38. The Balaban J connectivity index is 2.31. The third kappa shape index (κ3) is 3.11. The second kappa shape index (κ2) is 5.68. The Labute approximate surface area is 130 Å². The summed E-state index contributed by atoms with van der Waals surface area (Å²) in [6.45, 7) is 1.96. The molecule has 1 heterocycles. The van der Waals surface area contributed by atoms with Crippen molar-refractivity contribution in [2.45, 2.75) is 16.9 Å². The van der Waals surface area contributed by atoms with Crippen LogP contribution in [0.4, 0.5) is 5.69 Å². The largest absolute Gasteiger partial charge is 0.462 e. The Kier molecular flexibility index (Phi) is 4.32. The van der Waals surface area contributed by atoms with Crippen LogP contribution in [0.25, 0.3) is 0 Å². The molecule has 2 rings (SSSR count). The number of amides is 1. The number of rotatable bonds is 2. The van der Waals surface area contributed by atoms with Crippen molar-refractivity contribution in [1.29, 1.82) is 0 Å². The van der Waals surface area contributed by atoms with Crippen LogP contribution in [0.2, 0.25) is 0 Å². The van der Waals surface area contributed by atoms with E-state index < -0.39 is 21.8 Å². The molecule has 1 aliphatic rings. The first kappa shape index (κ1) is 15.2. The molecule has 1 aromatic carbocycles. The summed E-state index contributed by atoms with van der Waals surface area (Å²) in [5, 5.41) is 5.40. The van der Waals surface area contributed by atoms with Crippen LogP contribution in [0.5, 0.6) is 0 Å². The summed E-state index contributed by atoms with van der Waals surface area (Å²) in [6.07, 6.45) is -0.846. The topological polar surface area (TPSA) is 67.4 Å². The molecule has 0 aromatic heterocycles. The Bertz CT molecular complexity index is 557. The number of hydrogen-bond acceptors (Lipinski definition) is 4. The Hall–Kier alpha value is -1.17. The highest BCUT2D eigenvalue weighted by molar-refractivity contribution is 6.68. The van der Waals surface area contributed by atoms with Crippen LogP contribution >= 0.6 is 34.8 Å². The second-order valence-electron chi connectivity index (χ2n) is 4.07. The van der Waals surface area contributed by atoms with Gasteiger partial charge in [0.2, 0.25) is 3.79 Å². The number of fused-ring (bicyclic) bond motifs is 1. The molecule has 1 unspecified atom stereocenters. The lowest BCUT2D eigenvalue weighted by molar-refractivity contribution is 0.0526. The van der Waals surface area contributed by atoms with E-state index in [1.165, 1.54) is 12.1 Å². The van der Waals surface area contributed by atoms with Gasteiger partial charge in [-0.15, -0.1) is 0 Å². The van der Waals surface area contributed by atoms with Gasteiger partial charge in [-0.05, 0) is 25.1 Å². The number of benzene rings is 1. The van der Waals surface area contributed by atoms with Gasteiger partial charge in [-0.1, -0.05) is 34.8 Å². The predicted molar refractivity (Wildman–Crippen MR) is 77.6 cm³/mol. The molecule has 1 aliphatic heterocycles. The average molecular weight is 338 g/mol. The van der Waals surface area contributed by atoms with E-state index in [1.54, 1.807) is 13.0 Å². The molecule has 0 fully saturated rings. The monoisotopic (exact) mass is 336 g/mol. The lowest BCUT2D eigenvalue weighted by atomic mass is 10.1. The summed E-state index contributed by atoms with van der Waals surface area (Å²) in [7, 11) is 0. The van der Waals surface area contributed by atoms with Crippen LogP contribution in [-0.4, -0.2) is 28.4 Å². The van der Waals surface area contributed by atoms with Crippen molar-refractivity contribution in [2.24, 2.45) is 0 Å². The minimum absolute atomic E-state index is 0.260. The van der Waals surface area contributed by atoms with Crippen LogP contribution in [-0.2, 0) is 4.74 Å². The minimum atomic E-state index is -1.69. The van der Waals surface area contributed by atoms with Crippen LogP contribution in [0.15, 0.2) is 18.2 Å². The maximum absolute atomic E-state index is 12.0. The van der Waals surface area contributed by atoms with E-state index in [9.17, 15) is 9.59 Å². The summed E-state index contributed by atoms with van der Waals surface area (Å²) < 4.78 is 3.19. The number of ether oxygens (including phenoxy) is 1. The van der Waals surface area contributed by atoms with Gasteiger partial charge in [0.15, 0.2) is 0 Å². The van der Waals surface area contributed by atoms with E-state index in [1.807, 2.05) is 0 Å². The first-order valence-corrected chi connectivity index (χ1v) is 6.91. The highest BCUT2D eigenvalue weighted by atomic mass is 35.6. The molecule has 0 saturated heterocycles.